The van der Waals surface area contributed by atoms with Crippen LogP contribution in [0, 0.1) is 0 Å². The molecular formula is C14H21NO4. The molecule has 0 heterocycles. The lowest BCUT2D eigenvalue weighted by Gasteiger charge is -2.13. The number of amides is 1. The van der Waals surface area contributed by atoms with Gasteiger partial charge in [-0.15, -0.1) is 0 Å². The normalized spacial score (nSPS) is 10.1. The third-order valence-electron chi connectivity index (χ3n) is 2.32. The number of hydrogen-bond donors (Lipinski definition) is 1. The molecule has 106 valence electrons. The van der Waals surface area contributed by atoms with Crippen molar-refractivity contribution in [3.63, 3.8) is 0 Å². The zero-order valence-electron chi connectivity index (χ0n) is 11.7. The zero-order chi connectivity index (χ0) is 14.1. The predicted molar refractivity (Wildman–Crippen MR) is 72.5 cm³/mol. The van der Waals surface area contributed by atoms with Crippen LogP contribution in [-0.2, 0) is 4.84 Å². The van der Waals surface area contributed by atoms with E-state index in [1.807, 2.05) is 13.8 Å². The minimum Gasteiger partial charge on any atom is -0.490 e. The van der Waals surface area contributed by atoms with Gasteiger partial charge in [0.25, 0.3) is 5.91 Å². The van der Waals surface area contributed by atoms with Gasteiger partial charge in [-0.2, -0.15) is 0 Å². The molecule has 0 aliphatic heterocycles. The Morgan fingerprint density at radius 3 is 2.32 bits per heavy atom. The molecule has 0 spiro atoms. The maximum Gasteiger partial charge on any atom is 0.274 e. The minimum absolute atomic E-state index is 0.314. The van der Waals surface area contributed by atoms with E-state index in [2.05, 4.69) is 10.3 Å². The first kappa shape index (κ1) is 15.3. The van der Waals surface area contributed by atoms with Gasteiger partial charge >= 0.3 is 0 Å². The summed E-state index contributed by atoms with van der Waals surface area (Å²) in [5.41, 5.74) is 2.74. The highest BCUT2D eigenvalue weighted by molar-refractivity contribution is 5.94. The van der Waals surface area contributed by atoms with E-state index >= 15 is 0 Å². The fourth-order valence-electron chi connectivity index (χ4n) is 1.46. The fraction of sp³-hybridized carbons (Fsp3) is 0.500. The average molecular weight is 267 g/mol. The molecule has 0 fully saturated rings. The molecule has 1 N–H and O–H groups in total. The van der Waals surface area contributed by atoms with E-state index in [1.165, 1.54) is 7.11 Å². The predicted octanol–water partition coefficient (Wildman–Crippen LogP) is 2.56. The van der Waals surface area contributed by atoms with E-state index in [0.29, 0.717) is 30.3 Å². The van der Waals surface area contributed by atoms with Crippen LogP contribution in [0.15, 0.2) is 18.2 Å². The summed E-state index contributed by atoms with van der Waals surface area (Å²) in [5.74, 6) is 0.925. The first-order valence-corrected chi connectivity index (χ1v) is 6.45. The molecular weight excluding hydrogens is 246 g/mol. The Hall–Kier alpha value is -1.75. The van der Waals surface area contributed by atoms with E-state index < -0.39 is 0 Å². The van der Waals surface area contributed by atoms with E-state index in [1.54, 1.807) is 18.2 Å². The van der Waals surface area contributed by atoms with Gasteiger partial charge < -0.3 is 9.47 Å². The summed E-state index contributed by atoms with van der Waals surface area (Å²) in [6.07, 6.45) is 1.81. The standard InChI is InChI=1S/C14H21NO4/c1-4-8-18-12-7-6-11(14(16)15-17-3)10-13(12)19-9-5-2/h6-7,10H,4-5,8-9H2,1-3H3,(H,15,16). The van der Waals surface area contributed by atoms with Crippen molar-refractivity contribution in [2.75, 3.05) is 20.3 Å². The largest absolute Gasteiger partial charge is 0.490 e. The highest BCUT2D eigenvalue weighted by atomic mass is 16.6. The summed E-state index contributed by atoms with van der Waals surface area (Å²) < 4.78 is 11.2. The number of rotatable bonds is 8. The third kappa shape index (κ3) is 4.79. The monoisotopic (exact) mass is 267 g/mol. The second-order valence-electron chi connectivity index (χ2n) is 3.99. The molecule has 1 aromatic carbocycles. The zero-order valence-corrected chi connectivity index (χ0v) is 11.7. The van der Waals surface area contributed by atoms with Crippen molar-refractivity contribution >= 4 is 5.91 Å². The van der Waals surface area contributed by atoms with Crippen molar-refractivity contribution < 1.29 is 19.1 Å². The Labute approximate surface area is 113 Å². The van der Waals surface area contributed by atoms with Crippen LogP contribution < -0.4 is 15.0 Å². The van der Waals surface area contributed by atoms with Gasteiger partial charge in [-0.05, 0) is 31.0 Å². The average Bonchev–Trinajstić information content (AvgIpc) is 2.43. The van der Waals surface area contributed by atoms with Crippen LogP contribution in [0.25, 0.3) is 0 Å². The second-order valence-corrected chi connectivity index (χ2v) is 3.99. The van der Waals surface area contributed by atoms with Gasteiger partial charge in [0.2, 0.25) is 0 Å². The van der Waals surface area contributed by atoms with Gasteiger partial charge in [0, 0.05) is 5.56 Å². The Bertz CT molecular complexity index is 406. The maximum absolute atomic E-state index is 11.7. The molecule has 0 bridgehead atoms. The molecule has 5 heteroatoms. The van der Waals surface area contributed by atoms with Gasteiger partial charge in [-0.25, -0.2) is 5.48 Å². The van der Waals surface area contributed by atoms with Gasteiger partial charge in [-0.3, -0.25) is 9.63 Å². The summed E-state index contributed by atoms with van der Waals surface area (Å²) in [6, 6.07) is 5.08. The Morgan fingerprint density at radius 1 is 1.11 bits per heavy atom. The van der Waals surface area contributed by atoms with E-state index in [9.17, 15) is 4.79 Å². The Morgan fingerprint density at radius 2 is 1.74 bits per heavy atom. The van der Waals surface area contributed by atoms with Crippen molar-refractivity contribution in [3.8, 4) is 11.5 Å². The lowest BCUT2D eigenvalue weighted by molar-refractivity contribution is 0.0537. The van der Waals surface area contributed by atoms with Crippen LogP contribution in [0.5, 0.6) is 11.5 Å². The first-order valence-electron chi connectivity index (χ1n) is 6.45. The van der Waals surface area contributed by atoms with Crippen molar-refractivity contribution in [1.82, 2.24) is 5.48 Å². The molecule has 0 unspecified atom stereocenters. The molecule has 1 rings (SSSR count). The number of ether oxygens (including phenoxy) is 2. The maximum atomic E-state index is 11.7. The number of hydrogen-bond acceptors (Lipinski definition) is 4. The molecule has 1 aromatic rings. The van der Waals surface area contributed by atoms with E-state index in [4.69, 9.17) is 9.47 Å². The lowest BCUT2D eigenvalue weighted by Crippen LogP contribution is -2.21. The molecule has 0 aromatic heterocycles. The van der Waals surface area contributed by atoms with Gasteiger partial charge in [-0.1, -0.05) is 13.8 Å². The number of benzene rings is 1. The SMILES string of the molecule is CCCOc1ccc(C(=O)NOC)cc1OCCC. The van der Waals surface area contributed by atoms with Gasteiger partial charge in [0.15, 0.2) is 11.5 Å². The molecule has 0 aliphatic rings. The summed E-state index contributed by atoms with van der Waals surface area (Å²) in [4.78, 5) is 16.3. The number of nitrogens with one attached hydrogen (secondary N) is 1. The number of carbonyl (C=O) groups excluding carboxylic acids is 1. The second kappa shape index (κ2) is 8.37. The van der Waals surface area contributed by atoms with Crippen LogP contribution >= 0.6 is 0 Å². The van der Waals surface area contributed by atoms with E-state index in [-0.39, 0.29) is 5.91 Å². The summed E-state index contributed by atoms with van der Waals surface area (Å²) in [5, 5.41) is 0. The lowest BCUT2D eigenvalue weighted by atomic mass is 10.2. The van der Waals surface area contributed by atoms with Crippen LogP contribution in [-0.4, -0.2) is 26.2 Å². The van der Waals surface area contributed by atoms with Crippen LogP contribution in [0.3, 0.4) is 0 Å². The topological polar surface area (TPSA) is 56.8 Å². The Balaban J connectivity index is 2.89. The van der Waals surface area contributed by atoms with Gasteiger partial charge in [0.1, 0.15) is 0 Å². The molecule has 5 nitrogen and oxygen atoms in total. The fourth-order valence-corrected chi connectivity index (χ4v) is 1.46. The van der Waals surface area contributed by atoms with Crippen LogP contribution in [0.2, 0.25) is 0 Å². The smallest absolute Gasteiger partial charge is 0.274 e. The van der Waals surface area contributed by atoms with Gasteiger partial charge in [0.05, 0.1) is 20.3 Å². The molecule has 0 radical (unpaired) electrons. The van der Waals surface area contributed by atoms with Crippen molar-refractivity contribution in [1.29, 1.82) is 0 Å². The number of hydroxylamine groups is 1. The van der Waals surface area contributed by atoms with Crippen LogP contribution in [0.1, 0.15) is 37.0 Å². The third-order valence-corrected chi connectivity index (χ3v) is 2.32. The van der Waals surface area contributed by atoms with Crippen molar-refractivity contribution in [3.05, 3.63) is 23.8 Å². The summed E-state index contributed by atoms with van der Waals surface area (Å²) in [6.45, 7) is 5.25. The summed E-state index contributed by atoms with van der Waals surface area (Å²) >= 11 is 0. The summed E-state index contributed by atoms with van der Waals surface area (Å²) in [7, 11) is 1.39. The quantitative estimate of drug-likeness (QED) is 0.735. The Kier molecular flexibility index (Phi) is 6.74. The minimum atomic E-state index is -0.314. The highest BCUT2D eigenvalue weighted by Crippen LogP contribution is 2.28. The van der Waals surface area contributed by atoms with Crippen molar-refractivity contribution in [2.24, 2.45) is 0 Å². The molecule has 0 saturated heterocycles. The molecule has 1 amide bonds. The molecule has 0 aliphatic carbocycles. The first-order chi connectivity index (χ1) is 9.22. The van der Waals surface area contributed by atoms with Crippen molar-refractivity contribution in [2.45, 2.75) is 26.7 Å². The molecule has 19 heavy (non-hydrogen) atoms. The molecule has 0 saturated carbocycles. The molecule has 0 atom stereocenters. The van der Waals surface area contributed by atoms with Crippen LogP contribution in [0.4, 0.5) is 0 Å². The van der Waals surface area contributed by atoms with E-state index in [0.717, 1.165) is 12.8 Å². The highest BCUT2D eigenvalue weighted by Gasteiger charge is 2.11. The number of carbonyl (C=O) groups is 1.